The lowest BCUT2D eigenvalue weighted by molar-refractivity contribution is -0.134. The van der Waals surface area contributed by atoms with Gasteiger partial charge in [0.15, 0.2) is 11.5 Å². The van der Waals surface area contributed by atoms with Crippen LogP contribution in [0.15, 0.2) is 48.5 Å². The van der Waals surface area contributed by atoms with Crippen molar-refractivity contribution in [3.8, 4) is 11.5 Å². The predicted octanol–water partition coefficient (Wildman–Crippen LogP) is 2.97. The molecule has 0 aromatic heterocycles. The molecule has 1 amide bonds. The van der Waals surface area contributed by atoms with Gasteiger partial charge in [-0.25, -0.2) is 0 Å². The number of carbonyl (C=O) groups is 1. The Kier molecular flexibility index (Phi) is 6.42. The maximum Gasteiger partial charge on any atom is 0.244 e. The van der Waals surface area contributed by atoms with E-state index in [1.54, 1.807) is 33.2 Å². The van der Waals surface area contributed by atoms with Crippen molar-refractivity contribution in [1.29, 1.82) is 0 Å². The summed E-state index contributed by atoms with van der Waals surface area (Å²) in [6.07, 6.45) is 0. The monoisotopic (exact) mass is 342 g/mol. The lowest BCUT2D eigenvalue weighted by Crippen LogP contribution is -2.37. The Bertz CT molecular complexity index is 701. The van der Waals surface area contributed by atoms with E-state index in [0.717, 1.165) is 11.1 Å². The van der Waals surface area contributed by atoms with Gasteiger partial charge in [-0.15, -0.1) is 0 Å². The van der Waals surface area contributed by atoms with Crippen molar-refractivity contribution in [2.24, 2.45) is 0 Å². The van der Waals surface area contributed by atoms with Crippen LogP contribution in [0.25, 0.3) is 0 Å². The zero-order valence-electron chi connectivity index (χ0n) is 15.5. The molecular formula is C20H26N2O3. The van der Waals surface area contributed by atoms with Crippen LogP contribution in [0.1, 0.15) is 17.2 Å². The van der Waals surface area contributed by atoms with Crippen molar-refractivity contribution in [2.75, 3.05) is 35.4 Å². The molecule has 5 nitrogen and oxygen atoms in total. The standard InChI is InChI=1S/C20H26N2O3/c1-21(2)20(23)19(16-9-7-6-8-10-16)22(3)14-15-11-12-17(24-4)18(13-15)25-5/h6-13,19H,14H2,1-5H3. The van der Waals surface area contributed by atoms with Crippen LogP contribution >= 0.6 is 0 Å². The van der Waals surface area contributed by atoms with Gasteiger partial charge in [-0.3, -0.25) is 9.69 Å². The van der Waals surface area contributed by atoms with Crippen molar-refractivity contribution in [3.05, 3.63) is 59.7 Å². The minimum absolute atomic E-state index is 0.0502. The highest BCUT2D eigenvalue weighted by Crippen LogP contribution is 2.29. The van der Waals surface area contributed by atoms with Crippen molar-refractivity contribution in [2.45, 2.75) is 12.6 Å². The lowest BCUT2D eigenvalue weighted by Gasteiger charge is -2.30. The molecular weight excluding hydrogens is 316 g/mol. The van der Waals surface area contributed by atoms with E-state index in [2.05, 4.69) is 0 Å². The SMILES string of the molecule is COc1ccc(CN(C)C(C(=O)N(C)C)c2ccccc2)cc1OC. The normalized spacial score (nSPS) is 11.9. The first-order chi connectivity index (χ1) is 12.0. The summed E-state index contributed by atoms with van der Waals surface area (Å²) in [5, 5.41) is 0. The van der Waals surface area contributed by atoms with Crippen LogP contribution in [0.3, 0.4) is 0 Å². The average Bonchev–Trinajstić information content (AvgIpc) is 2.62. The van der Waals surface area contributed by atoms with Crippen molar-refractivity contribution >= 4 is 5.91 Å². The molecule has 0 heterocycles. The maximum absolute atomic E-state index is 12.7. The maximum atomic E-state index is 12.7. The topological polar surface area (TPSA) is 42.0 Å². The third-order valence-electron chi connectivity index (χ3n) is 4.11. The number of amides is 1. The van der Waals surface area contributed by atoms with Gasteiger partial charge in [0.25, 0.3) is 0 Å². The molecule has 5 heteroatoms. The first-order valence-electron chi connectivity index (χ1n) is 8.15. The van der Waals surface area contributed by atoms with Gasteiger partial charge in [0.1, 0.15) is 6.04 Å². The van der Waals surface area contributed by atoms with Gasteiger partial charge in [0.05, 0.1) is 14.2 Å². The summed E-state index contributed by atoms with van der Waals surface area (Å²) in [6.45, 7) is 0.611. The number of likely N-dealkylation sites (N-methyl/N-ethyl adjacent to an activating group) is 2. The van der Waals surface area contributed by atoms with Gasteiger partial charge in [-0.05, 0) is 30.3 Å². The van der Waals surface area contributed by atoms with Gasteiger partial charge < -0.3 is 14.4 Å². The summed E-state index contributed by atoms with van der Waals surface area (Å²) in [6, 6.07) is 15.3. The fourth-order valence-corrected chi connectivity index (χ4v) is 2.82. The van der Waals surface area contributed by atoms with Crippen LogP contribution in [0.5, 0.6) is 11.5 Å². The zero-order chi connectivity index (χ0) is 18.4. The average molecular weight is 342 g/mol. The largest absolute Gasteiger partial charge is 0.493 e. The summed E-state index contributed by atoms with van der Waals surface area (Å²) < 4.78 is 10.7. The van der Waals surface area contributed by atoms with Gasteiger partial charge in [-0.1, -0.05) is 36.4 Å². The molecule has 25 heavy (non-hydrogen) atoms. The van der Waals surface area contributed by atoms with E-state index in [1.807, 2.05) is 60.5 Å². The van der Waals surface area contributed by atoms with Gasteiger partial charge in [0, 0.05) is 20.6 Å². The minimum atomic E-state index is -0.343. The van der Waals surface area contributed by atoms with Crippen molar-refractivity contribution in [1.82, 2.24) is 9.80 Å². The summed E-state index contributed by atoms with van der Waals surface area (Å²) in [5.74, 6) is 1.43. The molecule has 0 aliphatic rings. The number of rotatable bonds is 7. The van der Waals surface area contributed by atoms with Crippen LogP contribution in [0.2, 0.25) is 0 Å². The first kappa shape index (κ1) is 18.8. The van der Waals surface area contributed by atoms with Crippen LogP contribution in [-0.2, 0) is 11.3 Å². The summed E-state index contributed by atoms with van der Waals surface area (Å²) in [4.78, 5) is 16.4. The first-order valence-corrected chi connectivity index (χ1v) is 8.15. The smallest absolute Gasteiger partial charge is 0.244 e. The number of methoxy groups -OCH3 is 2. The Hall–Kier alpha value is -2.53. The predicted molar refractivity (Wildman–Crippen MR) is 98.9 cm³/mol. The lowest BCUT2D eigenvalue weighted by atomic mass is 10.0. The zero-order valence-corrected chi connectivity index (χ0v) is 15.5. The molecule has 1 unspecified atom stereocenters. The van der Waals surface area contributed by atoms with E-state index >= 15 is 0 Å². The number of hydrogen-bond donors (Lipinski definition) is 0. The van der Waals surface area contributed by atoms with Crippen LogP contribution in [0, 0.1) is 0 Å². The van der Waals surface area contributed by atoms with Crippen molar-refractivity contribution < 1.29 is 14.3 Å². The van der Waals surface area contributed by atoms with E-state index in [1.165, 1.54) is 0 Å². The fraction of sp³-hybridized carbons (Fsp3) is 0.350. The second kappa shape index (κ2) is 8.53. The van der Waals surface area contributed by atoms with E-state index in [0.29, 0.717) is 18.0 Å². The third-order valence-corrected chi connectivity index (χ3v) is 4.11. The van der Waals surface area contributed by atoms with E-state index in [4.69, 9.17) is 9.47 Å². The Balaban J connectivity index is 2.28. The molecule has 0 bridgehead atoms. The highest BCUT2D eigenvalue weighted by Gasteiger charge is 2.26. The van der Waals surface area contributed by atoms with Gasteiger partial charge in [0.2, 0.25) is 5.91 Å². The van der Waals surface area contributed by atoms with Crippen molar-refractivity contribution in [3.63, 3.8) is 0 Å². The number of benzene rings is 2. The summed E-state index contributed by atoms with van der Waals surface area (Å²) in [5.41, 5.74) is 2.02. The Morgan fingerprint density at radius 3 is 2.16 bits per heavy atom. The molecule has 0 aliphatic heterocycles. The minimum Gasteiger partial charge on any atom is -0.493 e. The van der Waals surface area contributed by atoms with Crippen LogP contribution in [-0.4, -0.2) is 51.1 Å². The molecule has 0 saturated heterocycles. The number of nitrogens with zero attached hydrogens (tertiary/aromatic N) is 2. The Morgan fingerprint density at radius 2 is 1.60 bits per heavy atom. The molecule has 2 aromatic carbocycles. The molecule has 134 valence electrons. The second-order valence-corrected chi connectivity index (χ2v) is 6.15. The van der Waals surface area contributed by atoms with Crippen LogP contribution < -0.4 is 9.47 Å². The molecule has 0 saturated carbocycles. The van der Waals surface area contributed by atoms with E-state index < -0.39 is 0 Å². The van der Waals surface area contributed by atoms with E-state index in [-0.39, 0.29) is 11.9 Å². The highest BCUT2D eigenvalue weighted by atomic mass is 16.5. The number of ether oxygens (including phenoxy) is 2. The third kappa shape index (κ3) is 4.51. The quantitative estimate of drug-likeness (QED) is 0.776. The van der Waals surface area contributed by atoms with Crippen LogP contribution in [0.4, 0.5) is 0 Å². The van der Waals surface area contributed by atoms with E-state index in [9.17, 15) is 4.79 Å². The van der Waals surface area contributed by atoms with Gasteiger partial charge >= 0.3 is 0 Å². The molecule has 2 rings (SSSR count). The molecule has 1 atom stereocenters. The Labute approximate surface area is 149 Å². The fourth-order valence-electron chi connectivity index (χ4n) is 2.82. The molecule has 0 N–H and O–H groups in total. The highest BCUT2D eigenvalue weighted by molar-refractivity contribution is 5.82. The summed E-state index contributed by atoms with van der Waals surface area (Å²) in [7, 11) is 8.75. The molecule has 0 spiro atoms. The second-order valence-electron chi connectivity index (χ2n) is 6.15. The Morgan fingerprint density at radius 1 is 0.960 bits per heavy atom. The molecule has 0 aliphatic carbocycles. The summed E-state index contributed by atoms with van der Waals surface area (Å²) >= 11 is 0. The molecule has 2 aromatic rings. The molecule has 0 fully saturated rings. The number of hydrogen-bond acceptors (Lipinski definition) is 4. The molecule has 0 radical (unpaired) electrons. The number of carbonyl (C=O) groups excluding carboxylic acids is 1. The van der Waals surface area contributed by atoms with Gasteiger partial charge in [-0.2, -0.15) is 0 Å².